The number of nitrogen functional groups attached to an aromatic ring is 1. The van der Waals surface area contributed by atoms with E-state index in [-0.39, 0.29) is 5.69 Å². The molecule has 0 unspecified atom stereocenters. The standard InChI is InChI=1S/C8H11F3N6/c1-17(14)16-7(13)6-5(8(9,10)11)2-4(12)3-15-6/h2-3H,12,14H2,1H3,(H2,13,16). The number of nitrogens with zero attached hydrogens (tertiary/aromatic N) is 3. The predicted molar refractivity (Wildman–Crippen MR) is 56.3 cm³/mol. The monoisotopic (exact) mass is 248 g/mol. The van der Waals surface area contributed by atoms with Crippen molar-refractivity contribution in [2.24, 2.45) is 16.7 Å². The third-order valence-corrected chi connectivity index (χ3v) is 1.72. The Morgan fingerprint density at radius 2 is 2.06 bits per heavy atom. The average molecular weight is 248 g/mol. The molecule has 0 fully saturated rings. The summed E-state index contributed by atoms with van der Waals surface area (Å²) < 4.78 is 38.0. The largest absolute Gasteiger partial charge is 0.418 e. The van der Waals surface area contributed by atoms with E-state index in [0.29, 0.717) is 0 Å². The van der Waals surface area contributed by atoms with Crippen LogP contribution in [0.3, 0.4) is 0 Å². The zero-order valence-electron chi connectivity index (χ0n) is 8.86. The van der Waals surface area contributed by atoms with Crippen LogP contribution >= 0.6 is 0 Å². The van der Waals surface area contributed by atoms with Crippen LogP contribution in [0.25, 0.3) is 0 Å². The molecule has 17 heavy (non-hydrogen) atoms. The highest BCUT2D eigenvalue weighted by Gasteiger charge is 2.35. The molecule has 0 aliphatic heterocycles. The van der Waals surface area contributed by atoms with Crippen LogP contribution in [0.1, 0.15) is 11.3 Å². The van der Waals surface area contributed by atoms with Gasteiger partial charge in [-0.05, 0) is 6.07 Å². The van der Waals surface area contributed by atoms with Gasteiger partial charge in [0.1, 0.15) is 5.69 Å². The molecule has 94 valence electrons. The first-order chi connectivity index (χ1) is 7.71. The van der Waals surface area contributed by atoms with E-state index in [0.717, 1.165) is 17.4 Å². The molecule has 0 aliphatic carbocycles. The Kier molecular flexibility index (Phi) is 3.42. The van der Waals surface area contributed by atoms with Crippen molar-refractivity contribution in [3.63, 3.8) is 0 Å². The van der Waals surface area contributed by atoms with E-state index in [2.05, 4.69) is 10.1 Å². The molecule has 1 rings (SSSR count). The molecule has 0 bridgehead atoms. The van der Waals surface area contributed by atoms with Crippen LogP contribution in [-0.2, 0) is 6.18 Å². The van der Waals surface area contributed by atoms with Gasteiger partial charge in [0.05, 0.1) is 17.4 Å². The lowest BCUT2D eigenvalue weighted by molar-refractivity contribution is -0.137. The SMILES string of the molecule is CN(N)/N=C(\N)c1ncc(N)cc1C(F)(F)F. The van der Waals surface area contributed by atoms with Crippen molar-refractivity contribution in [2.75, 3.05) is 12.8 Å². The summed E-state index contributed by atoms with van der Waals surface area (Å²) in [4.78, 5) is 3.51. The van der Waals surface area contributed by atoms with Gasteiger partial charge in [-0.1, -0.05) is 0 Å². The highest BCUT2D eigenvalue weighted by Crippen LogP contribution is 2.32. The summed E-state index contributed by atoms with van der Waals surface area (Å²) in [6.07, 6.45) is -3.56. The zero-order valence-corrected chi connectivity index (χ0v) is 8.86. The normalized spacial score (nSPS) is 12.6. The Morgan fingerprint density at radius 1 is 1.47 bits per heavy atom. The maximum Gasteiger partial charge on any atom is 0.418 e. The van der Waals surface area contributed by atoms with E-state index in [4.69, 9.17) is 17.3 Å². The molecule has 0 aliphatic rings. The van der Waals surface area contributed by atoms with Gasteiger partial charge in [0, 0.05) is 7.05 Å². The van der Waals surface area contributed by atoms with Crippen molar-refractivity contribution in [1.82, 2.24) is 10.1 Å². The second-order valence-electron chi connectivity index (χ2n) is 3.22. The maximum atomic E-state index is 12.7. The van der Waals surface area contributed by atoms with Crippen LogP contribution in [0.2, 0.25) is 0 Å². The number of alkyl halides is 3. The molecule has 0 aromatic carbocycles. The molecule has 0 saturated carbocycles. The molecular formula is C8H11F3N6. The molecule has 0 radical (unpaired) electrons. The maximum absolute atomic E-state index is 12.7. The molecule has 0 spiro atoms. The molecule has 0 saturated heterocycles. The number of hydrazine groups is 1. The summed E-state index contributed by atoms with van der Waals surface area (Å²) in [5.41, 5.74) is 8.93. The Balaban J connectivity index is 3.34. The summed E-state index contributed by atoms with van der Waals surface area (Å²) in [6, 6.07) is 0.737. The number of halogens is 3. The first kappa shape index (κ1) is 13.0. The molecule has 0 amide bonds. The van der Waals surface area contributed by atoms with Gasteiger partial charge >= 0.3 is 6.18 Å². The van der Waals surface area contributed by atoms with Crippen molar-refractivity contribution in [2.45, 2.75) is 6.18 Å². The second-order valence-corrected chi connectivity index (χ2v) is 3.22. The van der Waals surface area contributed by atoms with Gasteiger partial charge in [0.15, 0.2) is 5.84 Å². The minimum Gasteiger partial charge on any atom is -0.397 e. The topological polar surface area (TPSA) is 107 Å². The Labute approximate surface area is 94.9 Å². The zero-order chi connectivity index (χ0) is 13.2. The fourth-order valence-corrected chi connectivity index (χ4v) is 1.12. The van der Waals surface area contributed by atoms with E-state index in [1.54, 1.807) is 0 Å². The molecule has 1 aromatic rings. The highest BCUT2D eigenvalue weighted by atomic mass is 19.4. The molecule has 1 aromatic heterocycles. The molecule has 6 nitrogen and oxygen atoms in total. The van der Waals surface area contributed by atoms with Gasteiger partial charge in [-0.2, -0.15) is 13.2 Å². The van der Waals surface area contributed by atoms with Gasteiger partial charge in [0.25, 0.3) is 0 Å². The lowest BCUT2D eigenvalue weighted by Gasteiger charge is -2.13. The fraction of sp³-hybridized carbons (Fsp3) is 0.250. The number of rotatable bonds is 2. The van der Waals surface area contributed by atoms with Crippen LogP contribution < -0.4 is 17.3 Å². The summed E-state index contributed by atoms with van der Waals surface area (Å²) in [5.74, 6) is 4.71. The average Bonchev–Trinajstić information content (AvgIpc) is 2.14. The summed E-state index contributed by atoms with van der Waals surface area (Å²) >= 11 is 0. The van der Waals surface area contributed by atoms with E-state index in [1.165, 1.54) is 7.05 Å². The number of hydrogen-bond donors (Lipinski definition) is 3. The molecule has 0 atom stereocenters. The smallest absolute Gasteiger partial charge is 0.397 e. The first-order valence-electron chi connectivity index (χ1n) is 4.37. The van der Waals surface area contributed by atoms with Gasteiger partial charge in [0.2, 0.25) is 0 Å². The summed E-state index contributed by atoms with van der Waals surface area (Å²) in [6.45, 7) is 0. The van der Waals surface area contributed by atoms with Crippen LogP contribution in [-0.4, -0.2) is 23.0 Å². The van der Waals surface area contributed by atoms with Crippen LogP contribution in [0.4, 0.5) is 18.9 Å². The number of amidine groups is 1. The predicted octanol–water partition coefficient (Wildman–Crippen LogP) is 0.108. The van der Waals surface area contributed by atoms with Crippen molar-refractivity contribution >= 4 is 11.5 Å². The van der Waals surface area contributed by atoms with E-state index in [9.17, 15) is 13.2 Å². The minimum atomic E-state index is -4.62. The number of nitrogens with two attached hydrogens (primary N) is 3. The Morgan fingerprint density at radius 3 is 2.53 bits per heavy atom. The number of hydrogen-bond acceptors (Lipinski definition) is 5. The van der Waals surface area contributed by atoms with Gasteiger partial charge < -0.3 is 11.5 Å². The Hall–Kier alpha value is -2.03. The molecule has 1 heterocycles. The van der Waals surface area contributed by atoms with Gasteiger partial charge in [-0.3, -0.25) is 4.98 Å². The molecular weight excluding hydrogens is 237 g/mol. The summed E-state index contributed by atoms with van der Waals surface area (Å²) in [7, 11) is 1.32. The van der Waals surface area contributed by atoms with Crippen molar-refractivity contribution in [3.05, 3.63) is 23.5 Å². The summed E-state index contributed by atoms with van der Waals surface area (Å²) in [5, 5.41) is 4.24. The van der Waals surface area contributed by atoms with E-state index >= 15 is 0 Å². The molecule has 6 N–H and O–H groups in total. The highest BCUT2D eigenvalue weighted by molar-refractivity contribution is 5.97. The second kappa shape index (κ2) is 4.45. The Bertz CT molecular complexity index is 439. The quantitative estimate of drug-likeness (QED) is 0.298. The number of anilines is 1. The third kappa shape index (κ3) is 3.21. The van der Waals surface area contributed by atoms with Crippen LogP contribution in [0.5, 0.6) is 0 Å². The number of aromatic nitrogens is 1. The lowest BCUT2D eigenvalue weighted by atomic mass is 10.1. The molecule has 9 heteroatoms. The van der Waals surface area contributed by atoms with Gasteiger partial charge in [-0.15, -0.1) is 5.10 Å². The number of hydrazone groups is 1. The fourth-order valence-electron chi connectivity index (χ4n) is 1.12. The van der Waals surface area contributed by atoms with Gasteiger partial charge in [-0.25, -0.2) is 11.0 Å². The van der Waals surface area contributed by atoms with Crippen molar-refractivity contribution in [3.8, 4) is 0 Å². The van der Waals surface area contributed by atoms with Crippen molar-refractivity contribution in [1.29, 1.82) is 0 Å². The lowest BCUT2D eigenvalue weighted by Crippen LogP contribution is -2.28. The first-order valence-corrected chi connectivity index (χ1v) is 4.37. The van der Waals surface area contributed by atoms with Crippen LogP contribution in [0, 0.1) is 0 Å². The number of pyridine rings is 1. The van der Waals surface area contributed by atoms with E-state index in [1.807, 2.05) is 0 Å². The van der Waals surface area contributed by atoms with E-state index < -0.39 is 23.3 Å². The van der Waals surface area contributed by atoms with Crippen LogP contribution in [0.15, 0.2) is 17.4 Å². The van der Waals surface area contributed by atoms with Crippen molar-refractivity contribution < 1.29 is 13.2 Å². The minimum absolute atomic E-state index is 0.116. The third-order valence-electron chi connectivity index (χ3n) is 1.72.